The first-order chi connectivity index (χ1) is 14.1. The molecular formula is C20H27N7O2. The summed E-state index contributed by atoms with van der Waals surface area (Å²) in [5.41, 5.74) is 3.19. The molecule has 9 heteroatoms. The van der Waals surface area contributed by atoms with Crippen LogP contribution in [0.1, 0.15) is 23.0 Å². The number of aromatic nitrogens is 2. The molecule has 2 aromatic heterocycles. The number of amides is 3. The highest BCUT2D eigenvalue weighted by atomic mass is 16.2. The summed E-state index contributed by atoms with van der Waals surface area (Å²) in [6, 6.07) is 5.42. The summed E-state index contributed by atoms with van der Waals surface area (Å²) in [6.45, 7) is 6.81. The number of anilines is 2. The van der Waals surface area contributed by atoms with Crippen LogP contribution in [-0.4, -0.2) is 66.6 Å². The van der Waals surface area contributed by atoms with Crippen LogP contribution in [0.25, 0.3) is 0 Å². The van der Waals surface area contributed by atoms with Crippen molar-refractivity contribution in [2.24, 2.45) is 0 Å². The normalized spacial score (nSPS) is 14.3. The van der Waals surface area contributed by atoms with Crippen LogP contribution in [0, 0.1) is 0 Å². The molecule has 0 aliphatic carbocycles. The van der Waals surface area contributed by atoms with Crippen LogP contribution in [0.15, 0.2) is 36.8 Å². The van der Waals surface area contributed by atoms with E-state index in [0.717, 1.165) is 44.0 Å². The van der Waals surface area contributed by atoms with Gasteiger partial charge in [0, 0.05) is 52.5 Å². The third kappa shape index (κ3) is 5.64. The number of pyridine rings is 2. The van der Waals surface area contributed by atoms with Crippen molar-refractivity contribution in [1.29, 1.82) is 0 Å². The van der Waals surface area contributed by atoms with Crippen LogP contribution in [0.3, 0.4) is 0 Å². The average molecular weight is 397 g/mol. The molecule has 3 amide bonds. The molecule has 3 N–H and O–H groups in total. The van der Waals surface area contributed by atoms with Gasteiger partial charge in [-0.15, -0.1) is 0 Å². The van der Waals surface area contributed by atoms with Crippen molar-refractivity contribution in [2.75, 3.05) is 50.0 Å². The molecular weight excluding hydrogens is 370 g/mol. The van der Waals surface area contributed by atoms with E-state index in [4.69, 9.17) is 0 Å². The van der Waals surface area contributed by atoms with Crippen LogP contribution in [0.4, 0.5) is 16.2 Å². The lowest BCUT2D eigenvalue weighted by Gasteiger charge is -2.36. The van der Waals surface area contributed by atoms with Gasteiger partial charge in [-0.2, -0.15) is 0 Å². The van der Waals surface area contributed by atoms with Crippen LogP contribution in [0.5, 0.6) is 0 Å². The van der Waals surface area contributed by atoms with Gasteiger partial charge >= 0.3 is 6.03 Å². The molecule has 1 fully saturated rings. The molecule has 0 radical (unpaired) electrons. The number of nitrogens with zero attached hydrogens (tertiary/aromatic N) is 4. The van der Waals surface area contributed by atoms with Crippen LogP contribution in [0.2, 0.25) is 0 Å². The van der Waals surface area contributed by atoms with Gasteiger partial charge in [0.05, 0.1) is 23.8 Å². The number of carbonyl (C=O) groups is 2. The molecule has 0 unspecified atom stereocenters. The van der Waals surface area contributed by atoms with Gasteiger partial charge in [-0.25, -0.2) is 9.78 Å². The zero-order valence-electron chi connectivity index (χ0n) is 16.8. The molecule has 1 aliphatic heterocycles. The van der Waals surface area contributed by atoms with E-state index in [1.807, 2.05) is 25.3 Å². The maximum atomic E-state index is 11.7. The number of piperazine rings is 1. The van der Waals surface area contributed by atoms with E-state index in [-0.39, 0.29) is 11.9 Å². The highest BCUT2D eigenvalue weighted by molar-refractivity contribution is 5.92. The van der Waals surface area contributed by atoms with E-state index >= 15 is 0 Å². The number of nitrogens with one attached hydrogen (secondary N) is 3. The standard InChI is InChI=1S/C20H27N7O2/c1-3-23-20(29)25-16-10-15(11-22-12-16)14-26-6-8-27(9-7-26)17-4-5-18(24-13-17)19(28)21-2/h4-5,10-13H,3,6-9,14H2,1-2H3,(H,21,28)(H2,23,25,29). The third-order valence-electron chi connectivity index (χ3n) is 4.74. The maximum Gasteiger partial charge on any atom is 0.319 e. The molecule has 154 valence electrons. The molecule has 0 bridgehead atoms. The first-order valence-corrected chi connectivity index (χ1v) is 9.73. The molecule has 0 aromatic carbocycles. The Balaban J connectivity index is 1.52. The average Bonchev–Trinajstić information content (AvgIpc) is 2.74. The molecule has 0 atom stereocenters. The fourth-order valence-electron chi connectivity index (χ4n) is 3.24. The molecule has 2 aromatic rings. The van der Waals surface area contributed by atoms with Crippen molar-refractivity contribution in [2.45, 2.75) is 13.5 Å². The van der Waals surface area contributed by atoms with E-state index in [1.165, 1.54) is 0 Å². The topological polar surface area (TPSA) is 102 Å². The summed E-state index contributed by atoms with van der Waals surface area (Å²) >= 11 is 0. The van der Waals surface area contributed by atoms with Crippen LogP contribution >= 0.6 is 0 Å². The number of urea groups is 1. The largest absolute Gasteiger partial charge is 0.368 e. The van der Waals surface area contributed by atoms with Gasteiger partial charge in [-0.05, 0) is 30.7 Å². The van der Waals surface area contributed by atoms with Crippen LogP contribution < -0.4 is 20.9 Å². The Morgan fingerprint density at radius 2 is 1.90 bits per heavy atom. The molecule has 0 spiro atoms. The van der Waals surface area contributed by atoms with Crippen molar-refractivity contribution in [3.8, 4) is 0 Å². The molecule has 29 heavy (non-hydrogen) atoms. The molecule has 3 rings (SSSR count). The predicted octanol–water partition coefficient (Wildman–Crippen LogP) is 1.30. The van der Waals surface area contributed by atoms with E-state index in [0.29, 0.717) is 17.9 Å². The molecule has 1 aliphatic rings. The summed E-state index contributed by atoms with van der Waals surface area (Å²) in [4.78, 5) is 36.4. The van der Waals surface area contributed by atoms with Gasteiger partial charge in [-0.1, -0.05) is 0 Å². The zero-order valence-corrected chi connectivity index (χ0v) is 16.8. The minimum Gasteiger partial charge on any atom is -0.368 e. The van der Waals surface area contributed by atoms with Crippen molar-refractivity contribution in [1.82, 2.24) is 25.5 Å². The second-order valence-electron chi connectivity index (χ2n) is 6.81. The second-order valence-corrected chi connectivity index (χ2v) is 6.81. The van der Waals surface area contributed by atoms with Crippen LogP contribution in [-0.2, 0) is 6.54 Å². The van der Waals surface area contributed by atoms with Gasteiger partial charge in [0.15, 0.2) is 0 Å². The molecule has 1 saturated heterocycles. The van der Waals surface area contributed by atoms with E-state index in [2.05, 4.69) is 35.7 Å². The van der Waals surface area contributed by atoms with Crippen molar-refractivity contribution in [3.63, 3.8) is 0 Å². The third-order valence-corrected chi connectivity index (χ3v) is 4.74. The Bertz CT molecular complexity index is 833. The number of hydrogen-bond acceptors (Lipinski definition) is 6. The summed E-state index contributed by atoms with van der Waals surface area (Å²) in [7, 11) is 1.60. The van der Waals surface area contributed by atoms with E-state index in [9.17, 15) is 9.59 Å². The maximum absolute atomic E-state index is 11.7. The first-order valence-electron chi connectivity index (χ1n) is 9.73. The Morgan fingerprint density at radius 3 is 2.55 bits per heavy atom. The summed E-state index contributed by atoms with van der Waals surface area (Å²) in [5, 5.41) is 8.07. The fraction of sp³-hybridized carbons (Fsp3) is 0.400. The zero-order chi connectivity index (χ0) is 20.6. The molecule has 0 saturated carbocycles. The monoisotopic (exact) mass is 397 g/mol. The van der Waals surface area contributed by atoms with Gasteiger partial charge in [0.1, 0.15) is 5.69 Å². The molecule has 3 heterocycles. The van der Waals surface area contributed by atoms with Gasteiger partial charge < -0.3 is 20.9 Å². The lowest BCUT2D eigenvalue weighted by atomic mass is 10.2. The van der Waals surface area contributed by atoms with Gasteiger partial charge in [0.25, 0.3) is 5.91 Å². The van der Waals surface area contributed by atoms with Crippen molar-refractivity contribution in [3.05, 3.63) is 48.0 Å². The first kappa shape index (κ1) is 20.5. The Labute approximate surface area is 170 Å². The van der Waals surface area contributed by atoms with E-state index in [1.54, 1.807) is 25.5 Å². The highest BCUT2D eigenvalue weighted by Crippen LogP contribution is 2.17. The molecule has 9 nitrogen and oxygen atoms in total. The number of hydrogen-bond donors (Lipinski definition) is 3. The predicted molar refractivity (Wildman–Crippen MR) is 112 cm³/mol. The minimum atomic E-state index is -0.226. The summed E-state index contributed by atoms with van der Waals surface area (Å²) < 4.78 is 0. The Kier molecular flexibility index (Phi) is 6.96. The van der Waals surface area contributed by atoms with Gasteiger partial charge in [0.2, 0.25) is 0 Å². The van der Waals surface area contributed by atoms with Gasteiger partial charge in [-0.3, -0.25) is 14.7 Å². The highest BCUT2D eigenvalue weighted by Gasteiger charge is 2.18. The second kappa shape index (κ2) is 9.83. The number of carbonyl (C=O) groups excluding carboxylic acids is 2. The quantitative estimate of drug-likeness (QED) is 0.679. The van der Waals surface area contributed by atoms with E-state index < -0.39 is 0 Å². The van der Waals surface area contributed by atoms with Crippen molar-refractivity contribution >= 4 is 23.3 Å². The summed E-state index contributed by atoms with van der Waals surface area (Å²) in [5.74, 6) is -0.182. The smallest absolute Gasteiger partial charge is 0.319 e. The fourth-order valence-corrected chi connectivity index (χ4v) is 3.24. The SMILES string of the molecule is CCNC(=O)Nc1cncc(CN2CCN(c3ccc(C(=O)NC)nc3)CC2)c1. The minimum absolute atomic E-state index is 0.182. The lowest BCUT2D eigenvalue weighted by molar-refractivity contribution is 0.0958. The Morgan fingerprint density at radius 1 is 1.10 bits per heavy atom. The lowest BCUT2D eigenvalue weighted by Crippen LogP contribution is -2.46. The Hall–Kier alpha value is -3.20. The van der Waals surface area contributed by atoms with Crippen molar-refractivity contribution < 1.29 is 9.59 Å². The number of rotatable bonds is 6. The summed E-state index contributed by atoms with van der Waals surface area (Å²) in [6.07, 6.45) is 5.23.